The molecule has 5 heteroatoms. The van der Waals surface area contributed by atoms with Gasteiger partial charge in [-0.3, -0.25) is 9.36 Å². The van der Waals surface area contributed by atoms with Gasteiger partial charge in [0, 0.05) is 4.47 Å². The summed E-state index contributed by atoms with van der Waals surface area (Å²) in [6.45, 7) is 0.147. The van der Waals surface area contributed by atoms with Crippen molar-refractivity contribution in [1.82, 2.24) is 9.55 Å². The van der Waals surface area contributed by atoms with Crippen LogP contribution < -0.4 is 11.3 Å². The molecule has 2 N–H and O–H groups in total. The molecule has 2 aromatic rings. The van der Waals surface area contributed by atoms with E-state index in [-0.39, 0.29) is 12.2 Å². The zero-order chi connectivity index (χ0) is 10.1. The summed E-state index contributed by atoms with van der Waals surface area (Å²) in [6.07, 6.45) is 1.46. The molecule has 72 valence electrons. The van der Waals surface area contributed by atoms with E-state index in [1.165, 1.54) is 10.9 Å². The maximum atomic E-state index is 11.7. The number of hydrogen-bond acceptors (Lipinski definition) is 3. The molecule has 0 amide bonds. The molecule has 0 radical (unpaired) electrons. The summed E-state index contributed by atoms with van der Waals surface area (Å²) >= 11 is 3.31. The SMILES string of the molecule is NCn1cnc2ccc(Br)cc2c1=O. The second kappa shape index (κ2) is 3.51. The van der Waals surface area contributed by atoms with Crippen LogP contribution in [0.5, 0.6) is 0 Å². The van der Waals surface area contributed by atoms with Gasteiger partial charge in [-0.2, -0.15) is 0 Å². The average molecular weight is 254 g/mol. The second-order valence-corrected chi connectivity index (χ2v) is 3.78. The molecule has 1 aromatic carbocycles. The standard InChI is InChI=1S/C9H8BrN3O/c10-6-1-2-8-7(3-6)9(14)13(4-11)5-12-8/h1-3,5H,4,11H2. The normalized spacial score (nSPS) is 10.7. The molecule has 0 bridgehead atoms. The molecule has 0 spiro atoms. The topological polar surface area (TPSA) is 60.9 Å². The molecule has 0 aliphatic rings. The number of benzene rings is 1. The highest BCUT2D eigenvalue weighted by Crippen LogP contribution is 2.14. The Morgan fingerprint density at radius 2 is 2.29 bits per heavy atom. The quantitative estimate of drug-likeness (QED) is 0.828. The van der Waals surface area contributed by atoms with Gasteiger partial charge < -0.3 is 5.73 Å². The lowest BCUT2D eigenvalue weighted by Crippen LogP contribution is -2.24. The van der Waals surface area contributed by atoms with E-state index in [9.17, 15) is 4.79 Å². The van der Waals surface area contributed by atoms with Gasteiger partial charge in [0.1, 0.15) is 0 Å². The number of halogens is 1. The van der Waals surface area contributed by atoms with Crippen LogP contribution in [0.4, 0.5) is 0 Å². The van der Waals surface area contributed by atoms with Crippen molar-refractivity contribution in [2.24, 2.45) is 5.73 Å². The van der Waals surface area contributed by atoms with Crippen molar-refractivity contribution in [2.75, 3.05) is 0 Å². The minimum Gasteiger partial charge on any atom is -0.313 e. The first-order valence-electron chi connectivity index (χ1n) is 4.07. The van der Waals surface area contributed by atoms with Gasteiger partial charge in [0.05, 0.1) is 23.9 Å². The van der Waals surface area contributed by atoms with Crippen LogP contribution in [-0.2, 0) is 6.67 Å². The van der Waals surface area contributed by atoms with Crippen molar-refractivity contribution in [3.63, 3.8) is 0 Å². The fourth-order valence-corrected chi connectivity index (χ4v) is 1.62. The Morgan fingerprint density at radius 1 is 1.50 bits per heavy atom. The summed E-state index contributed by atoms with van der Waals surface area (Å²) < 4.78 is 2.23. The predicted octanol–water partition coefficient (Wildman–Crippen LogP) is 1.08. The van der Waals surface area contributed by atoms with E-state index in [1.807, 2.05) is 6.07 Å². The van der Waals surface area contributed by atoms with E-state index < -0.39 is 0 Å². The van der Waals surface area contributed by atoms with E-state index in [0.29, 0.717) is 10.9 Å². The molecule has 0 unspecified atom stereocenters. The maximum Gasteiger partial charge on any atom is 0.262 e. The van der Waals surface area contributed by atoms with E-state index in [0.717, 1.165) is 4.47 Å². The average Bonchev–Trinajstić information content (AvgIpc) is 2.20. The summed E-state index contributed by atoms with van der Waals surface area (Å²) in [5.41, 5.74) is 5.96. The van der Waals surface area contributed by atoms with Crippen LogP contribution in [0.15, 0.2) is 33.8 Å². The van der Waals surface area contributed by atoms with Crippen LogP contribution in [0.25, 0.3) is 10.9 Å². The molecule has 1 aromatic heterocycles. The van der Waals surface area contributed by atoms with Gasteiger partial charge in [-0.1, -0.05) is 15.9 Å². The smallest absolute Gasteiger partial charge is 0.262 e. The number of aromatic nitrogens is 2. The number of rotatable bonds is 1. The van der Waals surface area contributed by atoms with Crippen molar-refractivity contribution in [3.05, 3.63) is 39.4 Å². The van der Waals surface area contributed by atoms with E-state index in [4.69, 9.17) is 5.73 Å². The van der Waals surface area contributed by atoms with E-state index in [1.54, 1.807) is 12.1 Å². The Kier molecular flexibility index (Phi) is 2.35. The highest BCUT2D eigenvalue weighted by Gasteiger charge is 2.02. The van der Waals surface area contributed by atoms with E-state index >= 15 is 0 Å². The van der Waals surface area contributed by atoms with Crippen LogP contribution in [0.3, 0.4) is 0 Å². The zero-order valence-electron chi connectivity index (χ0n) is 7.27. The van der Waals surface area contributed by atoms with Crippen molar-refractivity contribution in [2.45, 2.75) is 6.67 Å². The Balaban J connectivity index is 2.87. The summed E-state index contributed by atoms with van der Waals surface area (Å²) in [6, 6.07) is 5.39. The lowest BCUT2D eigenvalue weighted by Gasteiger charge is -2.02. The van der Waals surface area contributed by atoms with Crippen LogP contribution in [0.1, 0.15) is 0 Å². The Morgan fingerprint density at radius 3 is 3.00 bits per heavy atom. The molecular weight excluding hydrogens is 246 g/mol. The molecule has 14 heavy (non-hydrogen) atoms. The number of hydrogen-bond donors (Lipinski definition) is 1. The second-order valence-electron chi connectivity index (χ2n) is 2.86. The summed E-state index contributed by atoms with van der Waals surface area (Å²) in [5, 5.41) is 0.576. The molecule has 0 fully saturated rings. The number of fused-ring (bicyclic) bond motifs is 1. The minimum atomic E-state index is -0.112. The van der Waals surface area contributed by atoms with Crippen molar-refractivity contribution < 1.29 is 0 Å². The zero-order valence-corrected chi connectivity index (χ0v) is 8.86. The van der Waals surface area contributed by atoms with Crippen LogP contribution in [0, 0.1) is 0 Å². The molecule has 0 atom stereocenters. The summed E-state index contributed by atoms with van der Waals surface area (Å²) in [7, 11) is 0. The lowest BCUT2D eigenvalue weighted by atomic mass is 10.2. The van der Waals surface area contributed by atoms with Gasteiger partial charge >= 0.3 is 0 Å². The third-order valence-corrected chi connectivity index (χ3v) is 2.48. The molecular formula is C9H8BrN3O. The molecule has 2 rings (SSSR count). The monoisotopic (exact) mass is 253 g/mol. The van der Waals surface area contributed by atoms with Gasteiger partial charge in [-0.25, -0.2) is 4.98 Å². The number of nitrogens with zero attached hydrogens (tertiary/aromatic N) is 2. The van der Waals surface area contributed by atoms with E-state index in [2.05, 4.69) is 20.9 Å². The molecule has 0 aliphatic carbocycles. The first-order chi connectivity index (χ1) is 6.72. The first-order valence-corrected chi connectivity index (χ1v) is 4.86. The van der Waals surface area contributed by atoms with Crippen LogP contribution in [-0.4, -0.2) is 9.55 Å². The van der Waals surface area contributed by atoms with Gasteiger partial charge in [0.25, 0.3) is 5.56 Å². The third-order valence-electron chi connectivity index (χ3n) is 1.98. The molecule has 0 aliphatic heterocycles. The van der Waals surface area contributed by atoms with Crippen molar-refractivity contribution in [1.29, 1.82) is 0 Å². The Labute approximate surface area is 88.5 Å². The van der Waals surface area contributed by atoms with Gasteiger partial charge in [-0.15, -0.1) is 0 Å². The fraction of sp³-hybridized carbons (Fsp3) is 0.111. The Bertz CT molecular complexity index is 535. The van der Waals surface area contributed by atoms with Gasteiger partial charge in [0.2, 0.25) is 0 Å². The van der Waals surface area contributed by atoms with Crippen molar-refractivity contribution >= 4 is 26.8 Å². The molecule has 1 heterocycles. The lowest BCUT2D eigenvalue weighted by molar-refractivity contribution is 0.692. The van der Waals surface area contributed by atoms with Crippen LogP contribution in [0.2, 0.25) is 0 Å². The largest absolute Gasteiger partial charge is 0.313 e. The van der Waals surface area contributed by atoms with Crippen LogP contribution >= 0.6 is 15.9 Å². The molecule has 0 saturated heterocycles. The van der Waals surface area contributed by atoms with Gasteiger partial charge in [-0.05, 0) is 18.2 Å². The summed E-state index contributed by atoms with van der Waals surface area (Å²) in [5.74, 6) is 0. The molecule has 0 saturated carbocycles. The first kappa shape index (κ1) is 9.36. The fourth-order valence-electron chi connectivity index (χ4n) is 1.26. The summed E-state index contributed by atoms with van der Waals surface area (Å²) in [4.78, 5) is 15.8. The van der Waals surface area contributed by atoms with Gasteiger partial charge in [0.15, 0.2) is 0 Å². The van der Waals surface area contributed by atoms with Crippen molar-refractivity contribution in [3.8, 4) is 0 Å². The predicted molar refractivity (Wildman–Crippen MR) is 57.9 cm³/mol. The molecule has 4 nitrogen and oxygen atoms in total. The number of nitrogens with two attached hydrogens (primary N) is 1. The minimum absolute atomic E-state index is 0.112. The maximum absolute atomic E-state index is 11.7. The highest BCUT2D eigenvalue weighted by molar-refractivity contribution is 9.10. The highest BCUT2D eigenvalue weighted by atomic mass is 79.9. The Hall–Kier alpha value is -1.20. The third kappa shape index (κ3) is 1.44.